The van der Waals surface area contributed by atoms with Gasteiger partial charge in [0.2, 0.25) is 0 Å². The molecule has 1 aliphatic rings. The largest absolute Gasteiger partial charge is 0.341 e. The van der Waals surface area contributed by atoms with Crippen LogP contribution < -0.4 is 5.32 Å². The molecule has 3 heterocycles. The molecular weight excluding hydrogens is 264 g/mol. The van der Waals surface area contributed by atoms with Gasteiger partial charge in [-0.15, -0.1) is 0 Å². The van der Waals surface area contributed by atoms with E-state index in [0.29, 0.717) is 0 Å². The van der Waals surface area contributed by atoms with Gasteiger partial charge in [-0.25, -0.2) is 4.98 Å². The Kier molecular flexibility index (Phi) is 4.07. The van der Waals surface area contributed by atoms with Gasteiger partial charge in [-0.05, 0) is 20.8 Å². The summed E-state index contributed by atoms with van der Waals surface area (Å²) in [5.41, 5.74) is 4.53. The predicted octanol–water partition coefficient (Wildman–Crippen LogP) is 1.32. The Balaban J connectivity index is 1.79. The molecule has 0 saturated carbocycles. The molecule has 2 aromatic heterocycles. The summed E-state index contributed by atoms with van der Waals surface area (Å²) in [5, 5.41) is 7.95. The van der Waals surface area contributed by atoms with Gasteiger partial charge in [0.25, 0.3) is 0 Å². The fourth-order valence-corrected chi connectivity index (χ4v) is 3.05. The molecule has 0 atom stereocenters. The van der Waals surface area contributed by atoms with E-state index in [-0.39, 0.29) is 0 Å². The van der Waals surface area contributed by atoms with Gasteiger partial charge in [-0.3, -0.25) is 9.58 Å². The van der Waals surface area contributed by atoms with Crippen molar-refractivity contribution >= 4 is 0 Å². The lowest BCUT2D eigenvalue weighted by atomic mass is 10.1. The summed E-state index contributed by atoms with van der Waals surface area (Å²) in [6.07, 6.45) is 1.94. The molecule has 1 saturated heterocycles. The summed E-state index contributed by atoms with van der Waals surface area (Å²) < 4.78 is 2.04. The minimum atomic E-state index is 0.891. The summed E-state index contributed by atoms with van der Waals surface area (Å²) >= 11 is 0. The Morgan fingerprint density at radius 1 is 1.24 bits per heavy atom. The third-order valence-corrected chi connectivity index (χ3v) is 4.16. The number of hydrogen-bond acceptors (Lipinski definition) is 4. The van der Waals surface area contributed by atoms with E-state index in [1.807, 2.05) is 10.9 Å². The van der Waals surface area contributed by atoms with Gasteiger partial charge in [-0.2, -0.15) is 5.10 Å². The van der Waals surface area contributed by atoms with Crippen LogP contribution in [0.1, 0.15) is 24.1 Å². The lowest BCUT2D eigenvalue weighted by molar-refractivity contribution is 0.228. The average Bonchev–Trinajstić information content (AvgIpc) is 3.04. The molecule has 0 spiro atoms. The summed E-state index contributed by atoms with van der Waals surface area (Å²) in [4.78, 5) is 10.4. The Bertz CT molecular complexity index is 606. The third-order valence-electron chi connectivity index (χ3n) is 4.16. The first kappa shape index (κ1) is 14.3. The van der Waals surface area contributed by atoms with E-state index < -0.39 is 0 Å². The molecule has 6 nitrogen and oxygen atoms in total. The molecular formula is C15H24N6. The molecule has 0 aliphatic carbocycles. The monoisotopic (exact) mass is 288 g/mol. The molecule has 3 rings (SSSR count). The molecule has 6 heteroatoms. The van der Waals surface area contributed by atoms with Gasteiger partial charge in [0.05, 0.1) is 24.1 Å². The minimum Gasteiger partial charge on any atom is -0.341 e. The molecule has 0 unspecified atom stereocenters. The zero-order valence-electron chi connectivity index (χ0n) is 13.1. The summed E-state index contributed by atoms with van der Waals surface area (Å²) in [6, 6.07) is 0. The van der Waals surface area contributed by atoms with Crippen LogP contribution in [0.3, 0.4) is 0 Å². The van der Waals surface area contributed by atoms with Crippen LogP contribution in [0.2, 0.25) is 0 Å². The second-order valence-corrected chi connectivity index (χ2v) is 5.63. The van der Waals surface area contributed by atoms with E-state index in [0.717, 1.165) is 56.5 Å². The first-order valence-corrected chi connectivity index (χ1v) is 7.70. The molecule has 1 fully saturated rings. The quantitative estimate of drug-likeness (QED) is 0.890. The van der Waals surface area contributed by atoms with E-state index in [1.165, 1.54) is 11.3 Å². The molecule has 2 N–H and O–H groups in total. The number of aromatic nitrogens is 4. The van der Waals surface area contributed by atoms with E-state index >= 15 is 0 Å². The van der Waals surface area contributed by atoms with Gasteiger partial charge in [-0.1, -0.05) is 0 Å². The second-order valence-electron chi connectivity index (χ2n) is 5.63. The topological polar surface area (TPSA) is 61.8 Å². The van der Waals surface area contributed by atoms with Crippen LogP contribution in [0.5, 0.6) is 0 Å². The highest BCUT2D eigenvalue weighted by Crippen LogP contribution is 2.25. The fourth-order valence-electron chi connectivity index (χ4n) is 3.05. The van der Waals surface area contributed by atoms with Crippen molar-refractivity contribution in [2.45, 2.75) is 33.9 Å². The number of piperazine rings is 1. The van der Waals surface area contributed by atoms with E-state index in [4.69, 9.17) is 0 Å². The molecule has 21 heavy (non-hydrogen) atoms. The van der Waals surface area contributed by atoms with Crippen LogP contribution in [-0.2, 0) is 13.1 Å². The van der Waals surface area contributed by atoms with Crippen molar-refractivity contribution < 1.29 is 0 Å². The summed E-state index contributed by atoms with van der Waals surface area (Å²) in [7, 11) is 0. The highest BCUT2D eigenvalue weighted by molar-refractivity contribution is 5.64. The van der Waals surface area contributed by atoms with Crippen molar-refractivity contribution in [2.24, 2.45) is 0 Å². The maximum Gasteiger partial charge on any atom is 0.120 e. The lowest BCUT2D eigenvalue weighted by Crippen LogP contribution is -2.43. The number of nitrogens with one attached hydrogen (secondary N) is 2. The van der Waals surface area contributed by atoms with Crippen LogP contribution in [-0.4, -0.2) is 50.8 Å². The van der Waals surface area contributed by atoms with Crippen LogP contribution in [0, 0.1) is 13.8 Å². The lowest BCUT2D eigenvalue weighted by Gasteiger charge is -2.26. The Hall–Kier alpha value is -1.66. The molecule has 0 aromatic carbocycles. The normalized spacial score (nSPS) is 16.5. The number of nitrogens with zero attached hydrogens (tertiary/aromatic N) is 4. The van der Waals surface area contributed by atoms with Crippen molar-refractivity contribution in [1.29, 1.82) is 0 Å². The number of rotatable bonds is 4. The van der Waals surface area contributed by atoms with Crippen molar-refractivity contribution in [1.82, 2.24) is 30.0 Å². The molecule has 0 bridgehead atoms. The second kappa shape index (κ2) is 5.99. The van der Waals surface area contributed by atoms with Crippen molar-refractivity contribution in [2.75, 3.05) is 26.2 Å². The van der Waals surface area contributed by atoms with Crippen LogP contribution in [0.15, 0.2) is 6.20 Å². The van der Waals surface area contributed by atoms with Crippen LogP contribution in [0.4, 0.5) is 0 Å². The Morgan fingerprint density at radius 3 is 2.67 bits per heavy atom. The Labute approximate surface area is 125 Å². The summed E-state index contributed by atoms with van der Waals surface area (Å²) in [6.45, 7) is 12.4. The maximum absolute atomic E-state index is 4.58. The highest BCUT2D eigenvalue weighted by atomic mass is 15.3. The van der Waals surface area contributed by atoms with Gasteiger partial charge < -0.3 is 10.3 Å². The molecule has 0 amide bonds. The number of aryl methyl sites for hydroxylation is 2. The number of aromatic amines is 1. The predicted molar refractivity (Wildman–Crippen MR) is 83.1 cm³/mol. The zero-order chi connectivity index (χ0) is 14.8. The van der Waals surface area contributed by atoms with Gasteiger partial charge in [0.1, 0.15) is 5.82 Å². The molecule has 2 aromatic rings. The first-order chi connectivity index (χ1) is 10.2. The van der Waals surface area contributed by atoms with Gasteiger partial charge in [0.15, 0.2) is 0 Å². The van der Waals surface area contributed by atoms with Gasteiger partial charge in [0, 0.05) is 44.0 Å². The smallest absolute Gasteiger partial charge is 0.120 e. The standard InChI is InChI=1S/C15H24N6/c1-4-21-12(3)15(11(2)19-21)13-9-17-14(18-13)10-20-7-5-16-6-8-20/h9,16H,4-8,10H2,1-3H3,(H,17,18). The maximum atomic E-state index is 4.58. The molecule has 114 valence electrons. The average molecular weight is 288 g/mol. The van der Waals surface area contributed by atoms with Crippen molar-refractivity contribution in [3.63, 3.8) is 0 Å². The van der Waals surface area contributed by atoms with E-state index in [1.54, 1.807) is 0 Å². The Morgan fingerprint density at radius 2 is 2.00 bits per heavy atom. The third kappa shape index (κ3) is 2.87. The number of H-pyrrole nitrogens is 1. The SMILES string of the molecule is CCn1nc(C)c(-c2cnc(CN3CCNCC3)[nH]2)c1C. The van der Waals surface area contributed by atoms with Gasteiger partial charge >= 0.3 is 0 Å². The van der Waals surface area contributed by atoms with Crippen LogP contribution in [0.25, 0.3) is 11.3 Å². The van der Waals surface area contributed by atoms with Crippen molar-refractivity contribution in [3.05, 3.63) is 23.4 Å². The zero-order valence-corrected chi connectivity index (χ0v) is 13.1. The molecule has 0 radical (unpaired) electrons. The number of imidazole rings is 1. The minimum absolute atomic E-state index is 0.891. The van der Waals surface area contributed by atoms with Crippen molar-refractivity contribution in [3.8, 4) is 11.3 Å². The molecule has 1 aliphatic heterocycles. The van der Waals surface area contributed by atoms with E-state index in [2.05, 4.69) is 46.1 Å². The summed E-state index contributed by atoms with van der Waals surface area (Å²) in [5.74, 6) is 1.04. The van der Waals surface area contributed by atoms with Crippen LogP contribution >= 0.6 is 0 Å². The number of hydrogen-bond donors (Lipinski definition) is 2. The van der Waals surface area contributed by atoms with E-state index in [9.17, 15) is 0 Å². The highest BCUT2D eigenvalue weighted by Gasteiger charge is 2.16. The first-order valence-electron chi connectivity index (χ1n) is 7.70. The fraction of sp³-hybridized carbons (Fsp3) is 0.600.